The van der Waals surface area contributed by atoms with Crippen LogP contribution in [0.15, 0.2) is 53.3 Å². The fraction of sp³-hybridized carbons (Fsp3) is 0.318. The second-order valence-corrected chi connectivity index (χ2v) is 7.17. The molecule has 0 saturated heterocycles. The number of para-hydroxylation sites is 1. The van der Waals surface area contributed by atoms with Gasteiger partial charge in [-0.25, -0.2) is 4.98 Å². The number of benzene rings is 2. The Morgan fingerprint density at radius 2 is 1.74 bits per heavy atom. The van der Waals surface area contributed by atoms with Crippen LogP contribution in [0.25, 0.3) is 16.6 Å². The first kappa shape index (κ1) is 17.5. The highest BCUT2D eigenvalue weighted by atomic mass is 16.1. The first-order valence-corrected chi connectivity index (χ1v) is 9.53. The molecular formula is C22H23N3O2. The maximum Gasteiger partial charge on any atom is 0.265 e. The number of hydrogen-bond acceptors (Lipinski definition) is 3. The molecule has 0 spiro atoms. The average molecular weight is 361 g/mol. The van der Waals surface area contributed by atoms with Gasteiger partial charge in [0.1, 0.15) is 5.82 Å². The molecule has 0 aliphatic heterocycles. The predicted octanol–water partition coefficient (Wildman–Crippen LogP) is 3.76. The van der Waals surface area contributed by atoms with Gasteiger partial charge in [-0.3, -0.25) is 14.2 Å². The van der Waals surface area contributed by atoms with Crippen molar-refractivity contribution in [3.05, 3.63) is 70.3 Å². The maximum absolute atomic E-state index is 12.9. The third-order valence-electron chi connectivity index (χ3n) is 5.27. The third-order valence-corrected chi connectivity index (χ3v) is 5.27. The fourth-order valence-corrected chi connectivity index (χ4v) is 3.83. The first-order chi connectivity index (χ1) is 13.1. The molecule has 1 heterocycles. The number of nitrogens with one attached hydrogen (secondary N) is 1. The van der Waals surface area contributed by atoms with E-state index in [1.807, 2.05) is 25.1 Å². The summed E-state index contributed by atoms with van der Waals surface area (Å²) in [5.41, 5.74) is 1.92. The summed E-state index contributed by atoms with van der Waals surface area (Å²) in [6.45, 7) is 1.82. The quantitative estimate of drug-likeness (QED) is 0.773. The molecule has 2 aromatic carbocycles. The molecule has 5 heteroatoms. The molecule has 5 nitrogen and oxygen atoms in total. The zero-order valence-corrected chi connectivity index (χ0v) is 15.4. The fourth-order valence-electron chi connectivity index (χ4n) is 3.83. The normalized spacial score (nSPS) is 15.0. The topological polar surface area (TPSA) is 64.0 Å². The van der Waals surface area contributed by atoms with Crippen LogP contribution in [-0.2, 0) is 0 Å². The molecule has 0 bridgehead atoms. The zero-order valence-electron chi connectivity index (χ0n) is 15.4. The number of carbonyl (C=O) groups is 1. The van der Waals surface area contributed by atoms with Gasteiger partial charge in [0, 0.05) is 11.6 Å². The molecule has 4 rings (SSSR count). The molecule has 1 N–H and O–H groups in total. The van der Waals surface area contributed by atoms with Crippen LogP contribution in [0.5, 0.6) is 0 Å². The van der Waals surface area contributed by atoms with E-state index in [1.165, 1.54) is 19.3 Å². The summed E-state index contributed by atoms with van der Waals surface area (Å²) in [5, 5.41) is 3.71. The molecule has 3 aromatic rings. The van der Waals surface area contributed by atoms with Gasteiger partial charge in [-0.2, -0.15) is 0 Å². The highest BCUT2D eigenvalue weighted by Gasteiger charge is 2.17. The van der Waals surface area contributed by atoms with Crippen LogP contribution in [-0.4, -0.2) is 21.5 Å². The second kappa shape index (κ2) is 7.35. The van der Waals surface area contributed by atoms with Gasteiger partial charge >= 0.3 is 0 Å². The summed E-state index contributed by atoms with van der Waals surface area (Å²) in [4.78, 5) is 29.9. The lowest BCUT2D eigenvalue weighted by molar-refractivity contribution is 0.0927. The van der Waals surface area contributed by atoms with Crippen LogP contribution in [0, 0.1) is 6.92 Å². The molecule has 0 radical (unpaired) electrons. The van der Waals surface area contributed by atoms with E-state index in [4.69, 9.17) is 0 Å². The van der Waals surface area contributed by atoms with Gasteiger partial charge in [0.15, 0.2) is 0 Å². The minimum atomic E-state index is -0.0995. The number of aromatic nitrogens is 2. The molecule has 138 valence electrons. The molecule has 1 amide bonds. The largest absolute Gasteiger partial charge is 0.349 e. The molecule has 0 unspecified atom stereocenters. The number of amides is 1. The molecule has 27 heavy (non-hydrogen) atoms. The van der Waals surface area contributed by atoms with E-state index in [0.717, 1.165) is 12.8 Å². The monoisotopic (exact) mass is 361 g/mol. The Labute approximate surface area is 158 Å². The van der Waals surface area contributed by atoms with Crippen molar-refractivity contribution in [3.8, 4) is 5.69 Å². The summed E-state index contributed by atoms with van der Waals surface area (Å²) in [6.07, 6.45) is 5.74. The van der Waals surface area contributed by atoms with E-state index < -0.39 is 0 Å². The zero-order chi connectivity index (χ0) is 18.8. The van der Waals surface area contributed by atoms with E-state index >= 15 is 0 Å². The summed E-state index contributed by atoms with van der Waals surface area (Å²) >= 11 is 0. The summed E-state index contributed by atoms with van der Waals surface area (Å²) in [7, 11) is 0. The standard InChI is InChI=1S/C22H23N3O2/c1-15-23-20-10-6-5-9-19(20)22(27)25(15)18-13-11-16(12-14-18)21(26)24-17-7-3-2-4-8-17/h5-6,9-14,17H,2-4,7-8H2,1H3,(H,24,26). The van der Waals surface area contributed by atoms with Crippen LogP contribution >= 0.6 is 0 Å². The Hall–Kier alpha value is -2.95. The Morgan fingerprint density at radius 1 is 1.04 bits per heavy atom. The predicted molar refractivity (Wildman–Crippen MR) is 106 cm³/mol. The Balaban J connectivity index is 1.62. The smallest absolute Gasteiger partial charge is 0.265 e. The van der Waals surface area contributed by atoms with Crippen LogP contribution in [0.3, 0.4) is 0 Å². The lowest BCUT2D eigenvalue weighted by Crippen LogP contribution is -2.36. The van der Waals surface area contributed by atoms with Crippen LogP contribution in [0.1, 0.15) is 48.3 Å². The SMILES string of the molecule is Cc1nc2ccccc2c(=O)n1-c1ccc(C(=O)NC2CCCCC2)cc1. The van der Waals surface area contributed by atoms with E-state index in [-0.39, 0.29) is 17.5 Å². The number of carbonyl (C=O) groups excluding carboxylic acids is 1. The van der Waals surface area contributed by atoms with Crippen molar-refractivity contribution >= 4 is 16.8 Å². The van der Waals surface area contributed by atoms with E-state index in [2.05, 4.69) is 10.3 Å². The number of hydrogen-bond donors (Lipinski definition) is 1. The third kappa shape index (κ3) is 3.50. The van der Waals surface area contributed by atoms with Crippen molar-refractivity contribution in [1.82, 2.24) is 14.9 Å². The number of nitrogens with zero attached hydrogens (tertiary/aromatic N) is 2. The van der Waals surface area contributed by atoms with Crippen molar-refractivity contribution in [3.63, 3.8) is 0 Å². The summed E-state index contributed by atoms with van der Waals surface area (Å²) < 4.78 is 1.59. The Morgan fingerprint density at radius 3 is 2.48 bits per heavy atom. The van der Waals surface area contributed by atoms with Crippen molar-refractivity contribution in [2.75, 3.05) is 0 Å². The number of rotatable bonds is 3. The average Bonchev–Trinajstić information content (AvgIpc) is 2.69. The molecule has 1 aliphatic carbocycles. The molecular weight excluding hydrogens is 338 g/mol. The van der Waals surface area contributed by atoms with E-state index in [0.29, 0.717) is 28.0 Å². The molecule has 1 aromatic heterocycles. The van der Waals surface area contributed by atoms with E-state index in [1.54, 1.807) is 34.9 Å². The maximum atomic E-state index is 12.9. The minimum absolute atomic E-state index is 0.0471. The molecule has 1 saturated carbocycles. The summed E-state index contributed by atoms with van der Waals surface area (Å²) in [6, 6.07) is 14.8. The van der Waals surface area contributed by atoms with Crippen LogP contribution < -0.4 is 10.9 Å². The first-order valence-electron chi connectivity index (χ1n) is 9.53. The summed E-state index contributed by atoms with van der Waals surface area (Å²) in [5.74, 6) is 0.576. The lowest BCUT2D eigenvalue weighted by Gasteiger charge is -2.22. The van der Waals surface area contributed by atoms with Gasteiger partial charge in [0.05, 0.1) is 16.6 Å². The number of fused-ring (bicyclic) bond motifs is 1. The lowest BCUT2D eigenvalue weighted by atomic mass is 9.95. The highest BCUT2D eigenvalue weighted by Crippen LogP contribution is 2.18. The van der Waals surface area contributed by atoms with Crippen molar-refractivity contribution in [2.45, 2.75) is 45.1 Å². The van der Waals surface area contributed by atoms with Gasteiger partial charge in [-0.05, 0) is 56.2 Å². The molecule has 0 atom stereocenters. The van der Waals surface area contributed by atoms with E-state index in [9.17, 15) is 9.59 Å². The van der Waals surface area contributed by atoms with Gasteiger partial charge in [0.25, 0.3) is 11.5 Å². The van der Waals surface area contributed by atoms with Gasteiger partial charge in [0.2, 0.25) is 0 Å². The highest BCUT2D eigenvalue weighted by molar-refractivity contribution is 5.94. The minimum Gasteiger partial charge on any atom is -0.349 e. The van der Waals surface area contributed by atoms with Gasteiger partial charge in [-0.1, -0.05) is 31.4 Å². The molecule has 1 fully saturated rings. The van der Waals surface area contributed by atoms with Crippen molar-refractivity contribution in [1.29, 1.82) is 0 Å². The van der Waals surface area contributed by atoms with Gasteiger partial charge < -0.3 is 5.32 Å². The van der Waals surface area contributed by atoms with Crippen LogP contribution in [0.2, 0.25) is 0 Å². The second-order valence-electron chi connectivity index (χ2n) is 7.17. The van der Waals surface area contributed by atoms with Crippen molar-refractivity contribution in [2.24, 2.45) is 0 Å². The van der Waals surface area contributed by atoms with Crippen LogP contribution in [0.4, 0.5) is 0 Å². The van der Waals surface area contributed by atoms with Gasteiger partial charge in [-0.15, -0.1) is 0 Å². The Bertz CT molecular complexity index is 1030. The van der Waals surface area contributed by atoms with Crippen molar-refractivity contribution < 1.29 is 4.79 Å². The number of aryl methyl sites for hydroxylation is 1. The molecule has 1 aliphatic rings. The Kier molecular flexibility index (Phi) is 4.75.